The Morgan fingerprint density at radius 2 is 1.32 bits per heavy atom. The summed E-state index contributed by atoms with van der Waals surface area (Å²) < 4.78 is 0. The van der Waals surface area contributed by atoms with Crippen LogP contribution in [0, 0.1) is 20.8 Å². The summed E-state index contributed by atoms with van der Waals surface area (Å²) in [6.45, 7) is 6.58. The molecule has 0 bridgehead atoms. The average Bonchev–Trinajstić information content (AvgIpc) is 2.93. The van der Waals surface area contributed by atoms with Crippen LogP contribution in [0.5, 0.6) is 0 Å². The molecule has 0 aliphatic carbocycles. The molecule has 1 aliphatic rings. The smallest absolute Gasteiger partial charge is 0.0601 e. The van der Waals surface area contributed by atoms with Gasteiger partial charge in [-0.15, -0.1) is 0 Å². The molecule has 0 N–H and O–H groups in total. The first-order valence-electron chi connectivity index (χ1n) is 12.6. The van der Waals surface area contributed by atoms with Gasteiger partial charge in [0, 0.05) is 33.3 Å². The van der Waals surface area contributed by atoms with E-state index in [2.05, 4.69) is 122 Å². The number of rotatable bonds is 2. The number of aryl methyl sites for hydroxylation is 3. The largest absolute Gasteiger partial charge is 0.308 e. The summed E-state index contributed by atoms with van der Waals surface area (Å²) in [5, 5.41) is 5.05. The third-order valence-electron chi connectivity index (χ3n) is 7.53. The van der Waals surface area contributed by atoms with Gasteiger partial charge in [0.25, 0.3) is 0 Å². The van der Waals surface area contributed by atoms with Gasteiger partial charge in [-0.25, -0.2) is 0 Å². The highest BCUT2D eigenvalue weighted by molar-refractivity contribution is 7.99. The average molecular weight is 495 g/mol. The highest BCUT2D eigenvalue weighted by Crippen LogP contribution is 2.51. The van der Waals surface area contributed by atoms with Gasteiger partial charge in [0.1, 0.15) is 0 Å². The quantitative estimate of drug-likeness (QED) is 0.238. The van der Waals surface area contributed by atoms with Gasteiger partial charge in [0.15, 0.2) is 0 Å². The van der Waals surface area contributed by atoms with Crippen LogP contribution in [0.3, 0.4) is 0 Å². The molecule has 0 saturated heterocycles. The number of para-hydroxylation sites is 2. The zero-order valence-electron chi connectivity index (χ0n) is 21.1. The predicted octanol–water partition coefficient (Wildman–Crippen LogP) is 9.91. The molecule has 6 aromatic rings. The van der Waals surface area contributed by atoms with Crippen molar-refractivity contribution in [2.45, 2.75) is 30.6 Å². The van der Waals surface area contributed by atoms with Crippen LogP contribution >= 0.6 is 11.8 Å². The topological polar surface area (TPSA) is 16.1 Å². The van der Waals surface area contributed by atoms with Crippen molar-refractivity contribution < 1.29 is 0 Å². The lowest BCUT2D eigenvalue weighted by Crippen LogP contribution is -2.14. The molecule has 0 atom stereocenters. The first-order chi connectivity index (χ1) is 18.1. The van der Waals surface area contributed by atoms with Crippen LogP contribution in [0.2, 0.25) is 0 Å². The van der Waals surface area contributed by atoms with E-state index in [1.54, 1.807) is 0 Å². The number of fused-ring (bicyclic) bond motifs is 4. The SMILES string of the molecule is Cc1cc(-c2ccc3cc(N4c5ccccc5Sc5ccccc54)ccc3c2)c(C)c2c(C)cncc12. The molecule has 3 heteroatoms. The summed E-state index contributed by atoms with van der Waals surface area (Å²) in [5.74, 6) is 0. The molecular weight excluding hydrogens is 468 g/mol. The molecule has 0 spiro atoms. The zero-order chi connectivity index (χ0) is 25.1. The maximum atomic E-state index is 4.43. The van der Waals surface area contributed by atoms with E-state index in [4.69, 9.17) is 0 Å². The molecule has 1 aliphatic heterocycles. The number of hydrogen-bond acceptors (Lipinski definition) is 3. The van der Waals surface area contributed by atoms with Gasteiger partial charge in [-0.3, -0.25) is 4.98 Å². The molecule has 0 unspecified atom stereocenters. The first-order valence-corrected chi connectivity index (χ1v) is 13.4. The minimum Gasteiger partial charge on any atom is -0.308 e. The number of pyridine rings is 1. The Balaban J connectivity index is 1.36. The highest BCUT2D eigenvalue weighted by atomic mass is 32.2. The molecule has 0 radical (unpaired) electrons. The zero-order valence-corrected chi connectivity index (χ0v) is 21.9. The summed E-state index contributed by atoms with van der Waals surface area (Å²) in [7, 11) is 0. The minimum atomic E-state index is 1.18. The number of nitrogens with zero attached hydrogens (tertiary/aromatic N) is 2. The van der Waals surface area contributed by atoms with Gasteiger partial charge in [-0.05, 0) is 107 Å². The Bertz CT molecular complexity index is 1810. The van der Waals surface area contributed by atoms with Gasteiger partial charge in [0.05, 0.1) is 11.4 Å². The van der Waals surface area contributed by atoms with Crippen LogP contribution in [-0.4, -0.2) is 4.98 Å². The predicted molar refractivity (Wildman–Crippen MR) is 158 cm³/mol. The van der Waals surface area contributed by atoms with Crippen LogP contribution in [0.1, 0.15) is 16.7 Å². The molecule has 1 aromatic heterocycles. The monoisotopic (exact) mass is 494 g/mol. The molecule has 178 valence electrons. The number of hydrogen-bond donors (Lipinski definition) is 0. The number of aromatic nitrogens is 1. The van der Waals surface area contributed by atoms with E-state index in [1.165, 1.54) is 76.2 Å². The highest BCUT2D eigenvalue weighted by Gasteiger charge is 2.24. The Morgan fingerprint density at radius 1 is 0.649 bits per heavy atom. The van der Waals surface area contributed by atoms with Crippen molar-refractivity contribution in [3.05, 3.63) is 120 Å². The number of benzene rings is 5. The van der Waals surface area contributed by atoms with Crippen molar-refractivity contribution in [1.29, 1.82) is 0 Å². The molecule has 0 saturated carbocycles. The lowest BCUT2D eigenvalue weighted by Gasteiger charge is -2.33. The third-order valence-corrected chi connectivity index (χ3v) is 8.66. The second-order valence-electron chi connectivity index (χ2n) is 9.86. The fraction of sp³-hybridized carbons (Fsp3) is 0.0882. The van der Waals surface area contributed by atoms with Gasteiger partial charge < -0.3 is 4.90 Å². The molecule has 0 fully saturated rings. The standard InChI is InChI=1S/C34H26N2S/c1-21-16-28(23(3)34-22(2)19-35-20-29(21)34)26-13-12-25-18-27(15-14-24(25)17-26)36-30-8-4-6-10-32(30)37-33-11-7-5-9-31(33)36/h4-20H,1-3H3. The summed E-state index contributed by atoms with van der Waals surface area (Å²) in [6, 6.07) is 33.4. The second kappa shape index (κ2) is 8.50. The molecule has 0 amide bonds. The fourth-order valence-corrected chi connectivity index (χ4v) is 6.78. The van der Waals surface area contributed by atoms with Crippen molar-refractivity contribution in [3.63, 3.8) is 0 Å². The molecule has 2 heterocycles. The number of anilines is 3. The van der Waals surface area contributed by atoms with Crippen LogP contribution < -0.4 is 4.90 Å². The molecule has 5 aromatic carbocycles. The summed E-state index contributed by atoms with van der Waals surface area (Å²) >= 11 is 1.84. The second-order valence-corrected chi connectivity index (χ2v) is 10.9. The fourth-order valence-electron chi connectivity index (χ4n) is 5.72. The Morgan fingerprint density at radius 3 is 2.08 bits per heavy atom. The van der Waals surface area contributed by atoms with E-state index in [1.807, 2.05) is 24.2 Å². The van der Waals surface area contributed by atoms with Gasteiger partial charge >= 0.3 is 0 Å². The molecular formula is C34H26N2S. The normalized spacial score (nSPS) is 12.6. The van der Waals surface area contributed by atoms with Gasteiger partial charge in [-0.1, -0.05) is 60.3 Å². The minimum absolute atomic E-state index is 1.18. The maximum Gasteiger partial charge on any atom is 0.0601 e. The van der Waals surface area contributed by atoms with Crippen LogP contribution in [0.4, 0.5) is 17.1 Å². The van der Waals surface area contributed by atoms with E-state index in [-0.39, 0.29) is 0 Å². The lowest BCUT2D eigenvalue weighted by atomic mass is 9.90. The first kappa shape index (κ1) is 22.1. The Kier molecular flexibility index (Phi) is 5.09. The Labute approximate surface area is 221 Å². The molecule has 2 nitrogen and oxygen atoms in total. The lowest BCUT2D eigenvalue weighted by molar-refractivity contribution is 1.17. The molecule has 7 rings (SSSR count). The van der Waals surface area contributed by atoms with Crippen molar-refractivity contribution >= 4 is 50.4 Å². The van der Waals surface area contributed by atoms with Crippen LogP contribution in [-0.2, 0) is 0 Å². The van der Waals surface area contributed by atoms with Crippen molar-refractivity contribution in [2.75, 3.05) is 4.90 Å². The van der Waals surface area contributed by atoms with Crippen molar-refractivity contribution in [3.8, 4) is 11.1 Å². The van der Waals surface area contributed by atoms with Gasteiger partial charge in [-0.2, -0.15) is 0 Å². The maximum absolute atomic E-state index is 4.43. The summed E-state index contributed by atoms with van der Waals surface area (Å²) in [5.41, 5.74) is 10.00. The summed E-state index contributed by atoms with van der Waals surface area (Å²) in [6.07, 6.45) is 3.96. The van der Waals surface area contributed by atoms with E-state index in [9.17, 15) is 0 Å². The van der Waals surface area contributed by atoms with E-state index >= 15 is 0 Å². The summed E-state index contributed by atoms with van der Waals surface area (Å²) in [4.78, 5) is 9.38. The Hall–Kier alpha value is -4.08. The molecule has 37 heavy (non-hydrogen) atoms. The van der Waals surface area contributed by atoms with E-state index in [0.717, 1.165) is 0 Å². The van der Waals surface area contributed by atoms with E-state index < -0.39 is 0 Å². The van der Waals surface area contributed by atoms with Gasteiger partial charge in [0.2, 0.25) is 0 Å². The third kappa shape index (κ3) is 3.53. The van der Waals surface area contributed by atoms with Crippen molar-refractivity contribution in [2.24, 2.45) is 0 Å². The van der Waals surface area contributed by atoms with Crippen LogP contribution in [0.25, 0.3) is 32.7 Å². The van der Waals surface area contributed by atoms with E-state index in [0.29, 0.717) is 0 Å². The van der Waals surface area contributed by atoms with Crippen LogP contribution in [0.15, 0.2) is 113 Å². The van der Waals surface area contributed by atoms with Crippen molar-refractivity contribution in [1.82, 2.24) is 4.98 Å².